The lowest BCUT2D eigenvalue weighted by Crippen LogP contribution is -2.35. The van der Waals surface area contributed by atoms with Crippen molar-refractivity contribution < 1.29 is 9.53 Å². The minimum atomic E-state index is -0.292. The third kappa shape index (κ3) is 1.35. The molecule has 0 N–H and O–H groups in total. The highest BCUT2D eigenvalue weighted by atomic mass is 16.5. The van der Waals surface area contributed by atoms with Gasteiger partial charge in [0.05, 0.1) is 5.54 Å². The molecule has 56 valence electrons. The number of rotatable bonds is 0. The van der Waals surface area contributed by atoms with Gasteiger partial charge in [-0.15, -0.1) is 0 Å². The van der Waals surface area contributed by atoms with E-state index in [1.807, 2.05) is 13.8 Å². The van der Waals surface area contributed by atoms with Crippen LogP contribution in [0.3, 0.4) is 0 Å². The zero-order valence-corrected chi connectivity index (χ0v) is 6.47. The fourth-order valence-electron chi connectivity index (χ4n) is 0.879. The topological polar surface area (TPSA) is 38.7 Å². The lowest BCUT2D eigenvalue weighted by molar-refractivity contribution is -0.138. The maximum absolute atomic E-state index is 10.7. The molecule has 10 heavy (non-hydrogen) atoms. The minimum absolute atomic E-state index is 0.224. The average molecular weight is 141 g/mol. The third-order valence-electron chi connectivity index (χ3n) is 1.32. The first-order valence-corrected chi connectivity index (χ1v) is 3.25. The molecule has 0 aromatic rings. The standard InChI is InChI=1S/C7H11NO2/c1-5-6(9)10-4-7(2,3)8-5/h4H2,1-3H3. The summed E-state index contributed by atoms with van der Waals surface area (Å²) in [7, 11) is 0. The van der Waals surface area contributed by atoms with Crippen molar-refractivity contribution in [3.8, 4) is 0 Å². The predicted octanol–water partition coefficient (Wildman–Crippen LogP) is 0.783. The van der Waals surface area contributed by atoms with Crippen molar-refractivity contribution in [3.05, 3.63) is 0 Å². The van der Waals surface area contributed by atoms with Crippen LogP contribution in [0.4, 0.5) is 0 Å². The van der Waals surface area contributed by atoms with Crippen molar-refractivity contribution >= 4 is 11.7 Å². The van der Waals surface area contributed by atoms with Gasteiger partial charge in [0.25, 0.3) is 0 Å². The van der Waals surface area contributed by atoms with Crippen LogP contribution < -0.4 is 0 Å². The van der Waals surface area contributed by atoms with Crippen LogP contribution in [0.15, 0.2) is 4.99 Å². The van der Waals surface area contributed by atoms with Crippen molar-refractivity contribution in [2.75, 3.05) is 6.61 Å². The molecule has 0 aromatic carbocycles. The van der Waals surface area contributed by atoms with E-state index in [0.29, 0.717) is 12.3 Å². The van der Waals surface area contributed by atoms with E-state index in [-0.39, 0.29) is 11.5 Å². The Labute approximate surface area is 60.1 Å². The van der Waals surface area contributed by atoms with Gasteiger partial charge in [-0.1, -0.05) is 0 Å². The number of esters is 1. The lowest BCUT2D eigenvalue weighted by Gasteiger charge is -2.24. The Hall–Kier alpha value is -0.860. The third-order valence-corrected chi connectivity index (χ3v) is 1.32. The van der Waals surface area contributed by atoms with Crippen LogP contribution >= 0.6 is 0 Å². The Bertz CT molecular complexity index is 194. The zero-order valence-electron chi connectivity index (χ0n) is 6.47. The molecule has 0 saturated heterocycles. The van der Waals surface area contributed by atoms with Gasteiger partial charge in [-0.05, 0) is 20.8 Å². The largest absolute Gasteiger partial charge is 0.459 e. The number of cyclic esters (lactones) is 1. The Morgan fingerprint density at radius 2 is 2.20 bits per heavy atom. The molecular formula is C7H11NO2. The molecule has 1 aliphatic heterocycles. The summed E-state index contributed by atoms with van der Waals surface area (Å²) < 4.78 is 4.84. The number of aliphatic imine (C=N–C) groups is 1. The summed E-state index contributed by atoms with van der Waals surface area (Å²) in [5.41, 5.74) is 0.245. The summed E-state index contributed by atoms with van der Waals surface area (Å²) in [6.45, 7) is 5.93. The average Bonchev–Trinajstić information content (AvgIpc) is 1.79. The Morgan fingerprint density at radius 1 is 1.60 bits per heavy atom. The highest BCUT2D eigenvalue weighted by molar-refractivity contribution is 6.35. The van der Waals surface area contributed by atoms with Crippen LogP contribution in [0.1, 0.15) is 20.8 Å². The second kappa shape index (κ2) is 2.08. The first-order valence-electron chi connectivity index (χ1n) is 3.25. The molecule has 0 unspecified atom stereocenters. The van der Waals surface area contributed by atoms with Gasteiger partial charge in [-0.25, -0.2) is 4.79 Å². The molecule has 0 bridgehead atoms. The molecule has 0 radical (unpaired) electrons. The van der Waals surface area contributed by atoms with Gasteiger partial charge in [0.15, 0.2) is 0 Å². The van der Waals surface area contributed by atoms with E-state index in [2.05, 4.69) is 4.99 Å². The number of carbonyl (C=O) groups excluding carboxylic acids is 1. The molecule has 0 aromatic heterocycles. The Balaban J connectivity index is 2.86. The van der Waals surface area contributed by atoms with Crippen LogP contribution in [0.2, 0.25) is 0 Å². The molecule has 0 aliphatic carbocycles. The van der Waals surface area contributed by atoms with E-state index >= 15 is 0 Å². The molecule has 1 heterocycles. The number of nitrogens with zero attached hydrogens (tertiary/aromatic N) is 1. The van der Waals surface area contributed by atoms with Gasteiger partial charge in [0.2, 0.25) is 0 Å². The molecule has 3 nitrogen and oxygen atoms in total. The van der Waals surface area contributed by atoms with Gasteiger partial charge >= 0.3 is 5.97 Å². The number of carbonyl (C=O) groups is 1. The second-order valence-electron chi connectivity index (χ2n) is 3.09. The first-order chi connectivity index (χ1) is 4.51. The highest BCUT2D eigenvalue weighted by Gasteiger charge is 2.26. The molecule has 3 heteroatoms. The van der Waals surface area contributed by atoms with Crippen LogP contribution in [0.5, 0.6) is 0 Å². The van der Waals surface area contributed by atoms with Gasteiger partial charge in [-0.3, -0.25) is 4.99 Å². The van der Waals surface area contributed by atoms with Crippen LogP contribution in [0, 0.1) is 0 Å². The summed E-state index contributed by atoms with van der Waals surface area (Å²) >= 11 is 0. The summed E-state index contributed by atoms with van der Waals surface area (Å²) in [6.07, 6.45) is 0. The van der Waals surface area contributed by atoms with Gasteiger partial charge in [0.1, 0.15) is 12.3 Å². The van der Waals surface area contributed by atoms with Crippen LogP contribution in [0.25, 0.3) is 0 Å². The van der Waals surface area contributed by atoms with E-state index in [0.717, 1.165) is 0 Å². The minimum Gasteiger partial charge on any atom is -0.459 e. The Morgan fingerprint density at radius 3 is 2.60 bits per heavy atom. The van der Waals surface area contributed by atoms with Crippen LogP contribution in [-0.4, -0.2) is 23.8 Å². The summed E-state index contributed by atoms with van der Waals surface area (Å²) in [5.74, 6) is -0.292. The van der Waals surface area contributed by atoms with E-state index in [1.54, 1.807) is 6.92 Å². The normalized spacial score (nSPS) is 23.5. The lowest BCUT2D eigenvalue weighted by atomic mass is 10.1. The summed E-state index contributed by atoms with van der Waals surface area (Å²) in [4.78, 5) is 14.9. The number of ether oxygens (including phenoxy) is 1. The van der Waals surface area contributed by atoms with Crippen molar-refractivity contribution in [1.29, 1.82) is 0 Å². The summed E-state index contributed by atoms with van der Waals surface area (Å²) in [6, 6.07) is 0. The monoisotopic (exact) mass is 141 g/mol. The Kier molecular flexibility index (Phi) is 1.50. The molecule has 0 fully saturated rings. The fraction of sp³-hybridized carbons (Fsp3) is 0.714. The van der Waals surface area contributed by atoms with Crippen molar-refractivity contribution in [2.24, 2.45) is 4.99 Å². The molecule has 1 aliphatic rings. The number of hydrogen-bond donors (Lipinski definition) is 0. The van der Waals surface area contributed by atoms with Crippen molar-refractivity contribution in [3.63, 3.8) is 0 Å². The quantitative estimate of drug-likeness (QED) is 0.468. The van der Waals surface area contributed by atoms with E-state index in [9.17, 15) is 4.79 Å². The van der Waals surface area contributed by atoms with E-state index in [4.69, 9.17) is 4.74 Å². The first kappa shape index (κ1) is 7.25. The van der Waals surface area contributed by atoms with E-state index < -0.39 is 0 Å². The van der Waals surface area contributed by atoms with Gasteiger partial charge in [0, 0.05) is 0 Å². The molecule has 0 saturated carbocycles. The van der Waals surface area contributed by atoms with E-state index in [1.165, 1.54) is 0 Å². The maximum atomic E-state index is 10.7. The second-order valence-corrected chi connectivity index (χ2v) is 3.09. The highest BCUT2D eigenvalue weighted by Crippen LogP contribution is 2.14. The van der Waals surface area contributed by atoms with Crippen molar-refractivity contribution in [1.82, 2.24) is 0 Å². The molecule has 0 atom stereocenters. The van der Waals surface area contributed by atoms with Crippen molar-refractivity contribution in [2.45, 2.75) is 26.3 Å². The van der Waals surface area contributed by atoms with Crippen LogP contribution in [-0.2, 0) is 9.53 Å². The predicted molar refractivity (Wildman–Crippen MR) is 38.1 cm³/mol. The summed E-state index contributed by atoms with van der Waals surface area (Å²) in [5, 5.41) is 0. The molecule has 0 spiro atoms. The maximum Gasteiger partial charge on any atom is 0.352 e. The molecular weight excluding hydrogens is 130 g/mol. The SMILES string of the molecule is CC1=NC(C)(C)COC1=O. The van der Waals surface area contributed by atoms with Gasteiger partial charge in [-0.2, -0.15) is 0 Å². The molecule has 1 rings (SSSR count). The zero-order chi connectivity index (χ0) is 7.78. The smallest absolute Gasteiger partial charge is 0.352 e. The molecule has 0 amide bonds. The van der Waals surface area contributed by atoms with Gasteiger partial charge < -0.3 is 4.74 Å². The number of hydrogen-bond acceptors (Lipinski definition) is 3. The fourth-order valence-corrected chi connectivity index (χ4v) is 0.879.